The summed E-state index contributed by atoms with van der Waals surface area (Å²) in [5.74, 6) is 0. The van der Waals surface area contributed by atoms with Crippen molar-refractivity contribution in [3.63, 3.8) is 0 Å². The fourth-order valence-electron chi connectivity index (χ4n) is 2.47. The summed E-state index contributed by atoms with van der Waals surface area (Å²) in [6, 6.07) is 1.74. The van der Waals surface area contributed by atoms with Crippen LogP contribution < -0.4 is 0 Å². The Morgan fingerprint density at radius 1 is 1.50 bits per heavy atom. The Labute approximate surface area is 74.3 Å². The molecule has 1 aromatic rings. The summed E-state index contributed by atoms with van der Waals surface area (Å²) >= 11 is 5.89. The average molecular weight is 187 g/mol. The molecule has 1 aromatic heterocycles. The third kappa shape index (κ3) is 0.600. The van der Waals surface area contributed by atoms with Crippen molar-refractivity contribution in [2.24, 2.45) is 0 Å². The summed E-state index contributed by atoms with van der Waals surface area (Å²) in [6.45, 7) is 0. The SMILES string of the molecule is FC12CC(n3nccc3Cl)(C1)C2. The first-order valence-electron chi connectivity index (χ1n) is 4.03. The molecular weight excluding hydrogens is 179 g/mol. The van der Waals surface area contributed by atoms with Crippen LogP contribution in [0.2, 0.25) is 5.15 Å². The normalized spacial score (nSPS) is 43.5. The van der Waals surface area contributed by atoms with Crippen LogP contribution in [0, 0.1) is 0 Å². The summed E-state index contributed by atoms with van der Waals surface area (Å²) < 4.78 is 14.9. The van der Waals surface area contributed by atoms with Gasteiger partial charge in [-0.25, -0.2) is 9.07 Å². The van der Waals surface area contributed by atoms with E-state index in [1.54, 1.807) is 16.9 Å². The molecule has 1 heterocycles. The Hall–Kier alpha value is -0.570. The van der Waals surface area contributed by atoms with Gasteiger partial charge in [0, 0.05) is 19.3 Å². The molecule has 3 aliphatic rings. The van der Waals surface area contributed by atoms with Gasteiger partial charge in [0.1, 0.15) is 10.8 Å². The van der Waals surface area contributed by atoms with Gasteiger partial charge >= 0.3 is 0 Å². The van der Waals surface area contributed by atoms with Crippen LogP contribution in [-0.2, 0) is 5.54 Å². The van der Waals surface area contributed by atoms with Gasteiger partial charge in [-0.05, 0) is 6.07 Å². The topological polar surface area (TPSA) is 17.8 Å². The van der Waals surface area contributed by atoms with Crippen molar-refractivity contribution in [3.05, 3.63) is 17.4 Å². The van der Waals surface area contributed by atoms with Crippen molar-refractivity contribution < 1.29 is 4.39 Å². The van der Waals surface area contributed by atoms with Crippen molar-refractivity contribution in [2.75, 3.05) is 0 Å². The molecule has 0 spiro atoms. The molecule has 0 saturated heterocycles. The number of aromatic nitrogens is 2. The van der Waals surface area contributed by atoms with Crippen LogP contribution in [0.5, 0.6) is 0 Å². The van der Waals surface area contributed by atoms with Gasteiger partial charge in [-0.15, -0.1) is 0 Å². The fourth-order valence-corrected chi connectivity index (χ4v) is 2.75. The maximum Gasteiger partial charge on any atom is 0.127 e. The molecule has 4 rings (SSSR count). The van der Waals surface area contributed by atoms with Gasteiger partial charge < -0.3 is 0 Å². The van der Waals surface area contributed by atoms with E-state index in [1.165, 1.54) is 0 Å². The second-order valence-corrected chi connectivity index (χ2v) is 4.36. The summed E-state index contributed by atoms with van der Waals surface area (Å²) in [4.78, 5) is 0. The first-order valence-corrected chi connectivity index (χ1v) is 4.40. The maximum atomic E-state index is 13.2. The van der Waals surface area contributed by atoms with E-state index in [9.17, 15) is 4.39 Å². The van der Waals surface area contributed by atoms with Crippen LogP contribution in [0.1, 0.15) is 19.3 Å². The second-order valence-electron chi connectivity index (χ2n) is 3.97. The molecule has 0 radical (unpaired) electrons. The number of hydrogen-bond donors (Lipinski definition) is 0. The van der Waals surface area contributed by atoms with Crippen molar-refractivity contribution in [2.45, 2.75) is 30.5 Å². The molecule has 0 aliphatic heterocycles. The molecule has 0 N–H and O–H groups in total. The zero-order valence-corrected chi connectivity index (χ0v) is 7.18. The number of hydrogen-bond acceptors (Lipinski definition) is 1. The molecule has 64 valence electrons. The Morgan fingerprint density at radius 2 is 2.17 bits per heavy atom. The zero-order chi connectivity index (χ0) is 8.40. The zero-order valence-electron chi connectivity index (χ0n) is 6.43. The van der Waals surface area contributed by atoms with E-state index in [0.717, 1.165) is 0 Å². The van der Waals surface area contributed by atoms with Crippen LogP contribution >= 0.6 is 11.6 Å². The lowest BCUT2D eigenvalue weighted by Gasteiger charge is -2.65. The molecule has 3 aliphatic carbocycles. The highest BCUT2D eigenvalue weighted by atomic mass is 35.5. The lowest BCUT2D eigenvalue weighted by atomic mass is 9.47. The van der Waals surface area contributed by atoms with Crippen molar-refractivity contribution in [1.29, 1.82) is 0 Å². The molecule has 0 aromatic carbocycles. The highest BCUT2D eigenvalue weighted by Gasteiger charge is 2.71. The van der Waals surface area contributed by atoms with Crippen LogP contribution in [0.3, 0.4) is 0 Å². The molecule has 0 amide bonds. The molecular formula is C8H8ClFN2. The summed E-state index contributed by atoms with van der Waals surface area (Å²) in [5.41, 5.74) is -0.940. The molecule has 0 atom stereocenters. The summed E-state index contributed by atoms with van der Waals surface area (Å²) in [6.07, 6.45) is 3.46. The van der Waals surface area contributed by atoms with Crippen molar-refractivity contribution in [3.8, 4) is 0 Å². The Kier molecular flexibility index (Phi) is 0.971. The van der Waals surface area contributed by atoms with Gasteiger partial charge in [-0.2, -0.15) is 5.10 Å². The average Bonchev–Trinajstić information content (AvgIpc) is 2.26. The molecule has 2 bridgehead atoms. The lowest BCUT2D eigenvalue weighted by molar-refractivity contribution is -0.203. The van der Waals surface area contributed by atoms with E-state index >= 15 is 0 Å². The lowest BCUT2D eigenvalue weighted by Crippen LogP contribution is -2.70. The molecule has 3 saturated carbocycles. The number of rotatable bonds is 1. The van der Waals surface area contributed by atoms with E-state index in [4.69, 9.17) is 11.6 Å². The summed E-state index contributed by atoms with van der Waals surface area (Å²) in [5, 5.41) is 4.72. The van der Waals surface area contributed by atoms with Crippen LogP contribution in [-0.4, -0.2) is 15.4 Å². The highest BCUT2D eigenvalue weighted by Crippen LogP contribution is 2.67. The van der Waals surface area contributed by atoms with Crippen LogP contribution in [0.4, 0.5) is 4.39 Å². The van der Waals surface area contributed by atoms with Crippen molar-refractivity contribution in [1.82, 2.24) is 9.78 Å². The third-order valence-corrected chi connectivity index (χ3v) is 3.27. The molecule has 0 unspecified atom stereocenters. The fraction of sp³-hybridized carbons (Fsp3) is 0.625. The van der Waals surface area contributed by atoms with Gasteiger partial charge in [-0.1, -0.05) is 11.6 Å². The second kappa shape index (κ2) is 1.69. The minimum atomic E-state index is -0.880. The van der Waals surface area contributed by atoms with Gasteiger partial charge in [0.25, 0.3) is 0 Å². The summed E-state index contributed by atoms with van der Waals surface area (Å²) in [7, 11) is 0. The Morgan fingerprint density at radius 3 is 2.58 bits per heavy atom. The highest BCUT2D eigenvalue weighted by molar-refractivity contribution is 6.29. The number of nitrogens with zero attached hydrogens (tertiary/aromatic N) is 2. The Balaban J connectivity index is 1.98. The number of alkyl halides is 1. The molecule has 3 fully saturated rings. The van der Waals surface area contributed by atoms with E-state index in [2.05, 4.69) is 5.10 Å². The van der Waals surface area contributed by atoms with Gasteiger partial charge in [-0.3, -0.25) is 0 Å². The quantitative estimate of drug-likeness (QED) is 0.657. The molecule has 12 heavy (non-hydrogen) atoms. The predicted octanol–water partition coefficient (Wildman–Crippen LogP) is 2.14. The van der Waals surface area contributed by atoms with Crippen LogP contribution in [0.15, 0.2) is 12.3 Å². The minimum absolute atomic E-state index is 0.0602. The van der Waals surface area contributed by atoms with E-state index in [1.807, 2.05) is 0 Å². The smallest absolute Gasteiger partial charge is 0.127 e. The van der Waals surface area contributed by atoms with E-state index < -0.39 is 5.67 Å². The maximum absolute atomic E-state index is 13.2. The van der Waals surface area contributed by atoms with Crippen molar-refractivity contribution >= 4 is 11.6 Å². The first-order chi connectivity index (χ1) is 5.64. The van der Waals surface area contributed by atoms with E-state index in [0.29, 0.717) is 24.4 Å². The van der Waals surface area contributed by atoms with E-state index in [-0.39, 0.29) is 5.54 Å². The molecule has 2 nitrogen and oxygen atoms in total. The standard InChI is InChI=1S/C8H8ClFN2/c9-6-1-2-11-12(6)8-3-7(10,4-8)5-8/h1-2H,3-5H2. The molecule has 4 heteroatoms. The first kappa shape index (κ1) is 6.89. The third-order valence-electron chi connectivity index (χ3n) is 2.98. The monoisotopic (exact) mass is 186 g/mol. The Bertz CT molecular complexity index is 327. The largest absolute Gasteiger partial charge is 0.248 e. The van der Waals surface area contributed by atoms with Crippen LogP contribution in [0.25, 0.3) is 0 Å². The predicted molar refractivity (Wildman–Crippen MR) is 42.9 cm³/mol. The van der Waals surface area contributed by atoms with Gasteiger partial charge in [0.15, 0.2) is 0 Å². The minimum Gasteiger partial charge on any atom is -0.248 e. The number of halogens is 2. The van der Waals surface area contributed by atoms with Gasteiger partial charge in [0.05, 0.1) is 11.7 Å². The van der Waals surface area contributed by atoms with Gasteiger partial charge in [0.2, 0.25) is 0 Å².